The third kappa shape index (κ3) is 5.95. The summed E-state index contributed by atoms with van der Waals surface area (Å²) in [4.78, 5) is 22.9. The fourth-order valence-corrected chi connectivity index (χ4v) is 4.55. The first-order chi connectivity index (χ1) is 15.6. The van der Waals surface area contributed by atoms with E-state index in [9.17, 15) is 9.90 Å². The van der Waals surface area contributed by atoms with Crippen molar-refractivity contribution in [2.45, 2.75) is 50.6 Å². The Balaban J connectivity index is 1.27. The van der Waals surface area contributed by atoms with E-state index in [1.165, 1.54) is 12.0 Å². The van der Waals surface area contributed by atoms with Crippen molar-refractivity contribution in [3.8, 4) is 5.88 Å². The maximum atomic E-state index is 11.4. The minimum atomic E-state index is -0.817. The first-order valence-corrected chi connectivity index (χ1v) is 11.5. The molecule has 1 atom stereocenters. The highest BCUT2D eigenvalue weighted by Crippen LogP contribution is 2.23. The number of aryl methyl sites for hydroxylation is 1. The first kappa shape index (κ1) is 22.5. The second-order valence-electron chi connectivity index (χ2n) is 8.66. The molecule has 4 heterocycles. The van der Waals surface area contributed by atoms with Gasteiger partial charge in [0, 0.05) is 49.6 Å². The van der Waals surface area contributed by atoms with Crippen LogP contribution in [-0.4, -0.2) is 65.3 Å². The van der Waals surface area contributed by atoms with Crippen LogP contribution in [0.3, 0.4) is 0 Å². The summed E-state index contributed by atoms with van der Waals surface area (Å²) in [5.41, 5.74) is 3.35. The highest BCUT2D eigenvalue weighted by Gasteiger charge is 2.24. The number of piperidine rings is 1. The SMILES string of the molecule is COc1ccc([C@H](CC(=O)O)NC2CCN(CCc3ccc4c(n3)NCCC4)CC2)cn1. The summed E-state index contributed by atoms with van der Waals surface area (Å²) in [5.74, 6) is 0.775. The molecule has 32 heavy (non-hydrogen) atoms. The summed E-state index contributed by atoms with van der Waals surface area (Å²) in [5, 5.41) is 16.3. The number of hydrogen-bond donors (Lipinski definition) is 3. The number of pyridine rings is 2. The van der Waals surface area contributed by atoms with Gasteiger partial charge in [-0.15, -0.1) is 0 Å². The molecule has 2 aromatic rings. The number of anilines is 1. The van der Waals surface area contributed by atoms with Crippen molar-refractivity contribution in [3.05, 3.63) is 47.3 Å². The predicted molar refractivity (Wildman–Crippen MR) is 123 cm³/mol. The second kappa shape index (κ2) is 10.7. The topological polar surface area (TPSA) is 99.6 Å². The molecule has 172 valence electrons. The molecular formula is C24H33N5O3. The van der Waals surface area contributed by atoms with Gasteiger partial charge in [0.2, 0.25) is 5.88 Å². The molecule has 2 aliphatic rings. The standard InChI is InChI=1S/C24H33N5O3/c1-32-22-7-5-18(16-26-22)21(15-23(30)31)27-20-9-13-29(14-10-20)12-8-19-6-4-17-3-2-11-25-24(17)28-19/h4-7,16,20-21,27H,2-3,8-15H2,1H3,(H,25,28)(H,30,31)/t21-/m0/s1. The number of ether oxygens (including phenoxy) is 1. The molecule has 0 radical (unpaired) electrons. The van der Waals surface area contributed by atoms with Crippen molar-refractivity contribution in [1.29, 1.82) is 0 Å². The molecule has 3 N–H and O–H groups in total. The predicted octanol–water partition coefficient (Wildman–Crippen LogP) is 2.66. The van der Waals surface area contributed by atoms with Gasteiger partial charge in [-0.25, -0.2) is 9.97 Å². The van der Waals surface area contributed by atoms with Gasteiger partial charge >= 0.3 is 5.97 Å². The summed E-state index contributed by atoms with van der Waals surface area (Å²) >= 11 is 0. The van der Waals surface area contributed by atoms with E-state index >= 15 is 0 Å². The Bertz CT molecular complexity index is 897. The maximum Gasteiger partial charge on any atom is 0.305 e. The van der Waals surface area contributed by atoms with E-state index in [0.717, 1.165) is 68.9 Å². The third-order valence-corrected chi connectivity index (χ3v) is 6.41. The Morgan fingerprint density at radius 2 is 2.16 bits per heavy atom. The lowest BCUT2D eigenvalue weighted by molar-refractivity contribution is -0.137. The van der Waals surface area contributed by atoms with Gasteiger partial charge in [-0.1, -0.05) is 12.1 Å². The largest absolute Gasteiger partial charge is 0.481 e. The van der Waals surface area contributed by atoms with Crippen molar-refractivity contribution < 1.29 is 14.6 Å². The lowest BCUT2D eigenvalue weighted by Gasteiger charge is -2.34. The molecule has 8 heteroatoms. The summed E-state index contributed by atoms with van der Waals surface area (Å²) in [6.07, 6.45) is 6.98. The first-order valence-electron chi connectivity index (χ1n) is 11.5. The van der Waals surface area contributed by atoms with E-state index in [1.807, 2.05) is 6.07 Å². The highest BCUT2D eigenvalue weighted by molar-refractivity contribution is 5.68. The molecule has 0 aliphatic carbocycles. The van der Waals surface area contributed by atoms with E-state index in [0.29, 0.717) is 11.9 Å². The molecule has 0 amide bonds. The summed E-state index contributed by atoms with van der Waals surface area (Å²) in [7, 11) is 1.57. The van der Waals surface area contributed by atoms with Gasteiger partial charge in [-0.2, -0.15) is 0 Å². The minimum Gasteiger partial charge on any atom is -0.481 e. The van der Waals surface area contributed by atoms with Crippen LogP contribution in [0.25, 0.3) is 0 Å². The number of aromatic nitrogens is 2. The molecule has 0 aromatic carbocycles. The number of methoxy groups -OCH3 is 1. The van der Waals surface area contributed by atoms with Crippen molar-refractivity contribution in [3.63, 3.8) is 0 Å². The average molecular weight is 440 g/mol. The zero-order chi connectivity index (χ0) is 22.3. The van der Waals surface area contributed by atoms with Gasteiger partial charge in [0.05, 0.1) is 13.5 Å². The maximum absolute atomic E-state index is 11.4. The van der Waals surface area contributed by atoms with Gasteiger partial charge in [0.25, 0.3) is 0 Å². The summed E-state index contributed by atoms with van der Waals surface area (Å²) < 4.78 is 5.11. The minimum absolute atomic E-state index is 0.0340. The normalized spacial score (nSPS) is 17.9. The van der Waals surface area contributed by atoms with E-state index in [1.54, 1.807) is 19.4 Å². The number of fused-ring (bicyclic) bond motifs is 1. The Morgan fingerprint density at radius 3 is 2.88 bits per heavy atom. The van der Waals surface area contributed by atoms with Gasteiger partial charge in [0.1, 0.15) is 5.82 Å². The summed E-state index contributed by atoms with van der Waals surface area (Å²) in [6.45, 7) is 4.02. The number of carboxylic acid groups (broad SMARTS) is 1. The average Bonchev–Trinajstić information content (AvgIpc) is 2.83. The fourth-order valence-electron chi connectivity index (χ4n) is 4.55. The van der Waals surface area contributed by atoms with Crippen LogP contribution in [0.1, 0.15) is 48.5 Å². The van der Waals surface area contributed by atoms with Gasteiger partial charge in [-0.3, -0.25) is 4.79 Å². The number of carboxylic acids is 1. The van der Waals surface area contributed by atoms with E-state index in [4.69, 9.17) is 9.72 Å². The van der Waals surface area contributed by atoms with Crippen molar-refractivity contribution in [1.82, 2.24) is 20.2 Å². The summed E-state index contributed by atoms with van der Waals surface area (Å²) in [6, 6.07) is 8.09. The molecule has 2 aliphatic heterocycles. The number of carbonyl (C=O) groups is 1. The number of aliphatic carboxylic acids is 1. The molecular weight excluding hydrogens is 406 g/mol. The number of nitrogens with one attached hydrogen (secondary N) is 2. The van der Waals surface area contributed by atoms with Crippen LogP contribution in [0.15, 0.2) is 30.5 Å². The Labute approximate surface area is 189 Å². The molecule has 0 bridgehead atoms. The molecule has 1 saturated heterocycles. The molecule has 4 rings (SSSR count). The van der Waals surface area contributed by atoms with Gasteiger partial charge < -0.3 is 25.4 Å². The van der Waals surface area contributed by atoms with Crippen LogP contribution in [0.5, 0.6) is 5.88 Å². The number of hydrogen-bond acceptors (Lipinski definition) is 7. The van der Waals surface area contributed by atoms with E-state index in [2.05, 4.69) is 32.7 Å². The zero-order valence-electron chi connectivity index (χ0n) is 18.7. The quantitative estimate of drug-likeness (QED) is 0.548. The van der Waals surface area contributed by atoms with Gasteiger partial charge in [-0.05, 0) is 56.0 Å². The number of rotatable bonds is 9. The molecule has 2 aromatic heterocycles. The zero-order valence-corrected chi connectivity index (χ0v) is 18.7. The van der Waals surface area contributed by atoms with Crippen molar-refractivity contribution in [2.75, 3.05) is 38.6 Å². The van der Waals surface area contributed by atoms with E-state index in [-0.39, 0.29) is 12.5 Å². The molecule has 0 spiro atoms. The second-order valence-corrected chi connectivity index (χ2v) is 8.66. The van der Waals surface area contributed by atoms with Gasteiger partial charge in [0.15, 0.2) is 0 Å². The molecule has 0 saturated carbocycles. The molecule has 0 unspecified atom stereocenters. The number of likely N-dealkylation sites (tertiary alicyclic amines) is 1. The Kier molecular flexibility index (Phi) is 7.55. The smallest absolute Gasteiger partial charge is 0.305 e. The number of nitrogens with zero attached hydrogens (tertiary/aromatic N) is 3. The van der Waals surface area contributed by atoms with Crippen molar-refractivity contribution >= 4 is 11.8 Å². The Morgan fingerprint density at radius 1 is 1.31 bits per heavy atom. The van der Waals surface area contributed by atoms with Crippen LogP contribution < -0.4 is 15.4 Å². The fraction of sp³-hybridized carbons (Fsp3) is 0.542. The molecule has 8 nitrogen and oxygen atoms in total. The third-order valence-electron chi connectivity index (χ3n) is 6.41. The monoisotopic (exact) mass is 439 g/mol. The lowest BCUT2D eigenvalue weighted by atomic mass is 9.99. The van der Waals surface area contributed by atoms with Crippen LogP contribution in [0.4, 0.5) is 5.82 Å². The van der Waals surface area contributed by atoms with Crippen molar-refractivity contribution in [2.24, 2.45) is 0 Å². The van der Waals surface area contributed by atoms with Crippen LogP contribution in [-0.2, 0) is 17.6 Å². The lowest BCUT2D eigenvalue weighted by Crippen LogP contribution is -2.44. The Hall–Kier alpha value is -2.71. The van der Waals surface area contributed by atoms with E-state index < -0.39 is 5.97 Å². The van der Waals surface area contributed by atoms with Crippen LogP contribution in [0, 0.1) is 0 Å². The highest BCUT2D eigenvalue weighted by atomic mass is 16.5. The van der Waals surface area contributed by atoms with Crippen LogP contribution in [0.2, 0.25) is 0 Å². The van der Waals surface area contributed by atoms with Crippen LogP contribution >= 0.6 is 0 Å². The molecule has 1 fully saturated rings.